The molecule has 0 atom stereocenters. The monoisotopic (exact) mass is 344 g/mol. The first-order valence-electron chi connectivity index (χ1n) is 7.94. The van der Waals surface area contributed by atoms with Gasteiger partial charge in [0.05, 0.1) is 12.1 Å². The number of halogens is 1. The van der Waals surface area contributed by atoms with Crippen molar-refractivity contribution in [1.82, 2.24) is 14.8 Å². The number of anilines is 1. The van der Waals surface area contributed by atoms with Crippen molar-refractivity contribution in [2.75, 3.05) is 31.9 Å². The summed E-state index contributed by atoms with van der Waals surface area (Å²) in [7, 11) is 0. The van der Waals surface area contributed by atoms with E-state index in [1.54, 1.807) is 0 Å². The summed E-state index contributed by atoms with van der Waals surface area (Å²) in [6, 6.07) is 0.685. The van der Waals surface area contributed by atoms with Gasteiger partial charge in [-0.05, 0) is 38.8 Å². The van der Waals surface area contributed by atoms with Crippen LogP contribution in [0.4, 0.5) is 5.13 Å². The number of thiazole rings is 1. The van der Waals surface area contributed by atoms with E-state index in [1.807, 2.05) is 10.3 Å². The summed E-state index contributed by atoms with van der Waals surface area (Å²) in [6.45, 7) is 4.27. The van der Waals surface area contributed by atoms with Gasteiger partial charge in [0, 0.05) is 24.5 Å². The molecule has 0 aromatic carbocycles. The summed E-state index contributed by atoms with van der Waals surface area (Å²) in [5.41, 5.74) is 6.42. The number of hydrogen-bond donors (Lipinski definition) is 1. The van der Waals surface area contributed by atoms with Crippen LogP contribution < -0.4 is 5.73 Å². The van der Waals surface area contributed by atoms with Crippen LogP contribution >= 0.6 is 23.7 Å². The first kappa shape index (κ1) is 17.5. The molecule has 3 rings (SSSR count). The molecule has 2 saturated heterocycles. The van der Waals surface area contributed by atoms with Gasteiger partial charge in [-0.3, -0.25) is 4.79 Å². The van der Waals surface area contributed by atoms with E-state index in [-0.39, 0.29) is 18.3 Å². The van der Waals surface area contributed by atoms with E-state index >= 15 is 0 Å². The molecule has 0 spiro atoms. The SMILES string of the molecule is Cl.Nc1nc(CC(=O)N2CCC(N3CCCCC3)CC2)cs1. The molecule has 22 heavy (non-hydrogen) atoms. The van der Waals surface area contributed by atoms with Gasteiger partial charge in [-0.15, -0.1) is 23.7 Å². The molecule has 2 fully saturated rings. The van der Waals surface area contributed by atoms with E-state index in [4.69, 9.17) is 5.73 Å². The fourth-order valence-electron chi connectivity index (χ4n) is 3.43. The fourth-order valence-corrected chi connectivity index (χ4v) is 4.00. The lowest BCUT2D eigenvalue weighted by molar-refractivity contribution is -0.132. The Balaban J connectivity index is 0.00000176. The van der Waals surface area contributed by atoms with Gasteiger partial charge in [-0.1, -0.05) is 6.42 Å². The highest BCUT2D eigenvalue weighted by atomic mass is 35.5. The summed E-state index contributed by atoms with van der Waals surface area (Å²) in [4.78, 5) is 21.1. The Morgan fingerprint density at radius 3 is 2.50 bits per heavy atom. The molecule has 2 aliphatic heterocycles. The number of nitrogen functional groups attached to an aromatic ring is 1. The van der Waals surface area contributed by atoms with Crippen molar-refractivity contribution in [3.63, 3.8) is 0 Å². The van der Waals surface area contributed by atoms with Crippen LogP contribution in [0.2, 0.25) is 0 Å². The topological polar surface area (TPSA) is 62.5 Å². The lowest BCUT2D eigenvalue weighted by Crippen LogP contribution is -2.48. The molecule has 1 amide bonds. The van der Waals surface area contributed by atoms with Gasteiger partial charge in [0.1, 0.15) is 0 Å². The van der Waals surface area contributed by atoms with Gasteiger partial charge in [-0.2, -0.15) is 0 Å². The predicted molar refractivity (Wildman–Crippen MR) is 92.5 cm³/mol. The lowest BCUT2D eigenvalue weighted by atomic mass is 9.99. The molecule has 124 valence electrons. The van der Waals surface area contributed by atoms with E-state index in [2.05, 4.69) is 9.88 Å². The number of piperidine rings is 2. The van der Waals surface area contributed by atoms with E-state index < -0.39 is 0 Å². The summed E-state index contributed by atoms with van der Waals surface area (Å²) >= 11 is 1.40. The molecular weight excluding hydrogens is 320 g/mol. The number of carbonyl (C=O) groups excluding carboxylic acids is 1. The largest absolute Gasteiger partial charge is 0.375 e. The highest BCUT2D eigenvalue weighted by Gasteiger charge is 2.27. The first-order chi connectivity index (χ1) is 10.2. The van der Waals surface area contributed by atoms with Crippen molar-refractivity contribution in [3.8, 4) is 0 Å². The van der Waals surface area contributed by atoms with Gasteiger partial charge in [0.25, 0.3) is 0 Å². The average molecular weight is 345 g/mol. The van der Waals surface area contributed by atoms with Crippen LogP contribution in [0.1, 0.15) is 37.8 Å². The molecule has 3 heterocycles. The highest BCUT2D eigenvalue weighted by Crippen LogP contribution is 2.21. The standard InChI is InChI=1S/C15H24N4OS.ClH/c16-15-17-12(11-21-15)10-14(20)19-8-4-13(5-9-19)18-6-2-1-3-7-18;/h11,13H,1-10H2,(H2,16,17);1H. The Labute approximate surface area is 142 Å². The summed E-state index contributed by atoms with van der Waals surface area (Å²) in [5, 5.41) is 2.43. The molecule has 0 bridgehead atoms. The van der Waals surface area contributed by atoms with Gasteiger partial charge in [0.15, 0.2) is 5.13 Å². The van der Waals surface area contributed by atoms with Crippen molar-refractivity contribution in [1.29, 1.82) is 0 Å². The second kappa shape index (κ2) is 8.13. The summed E-state index contributed by atoms with van der Waals surface area (Å²) < 4.78 is 0. The van der Waals surface area contributed by atoms with Crippen LogP contribution in [-0.2, 0) is 11.2 Å². The number of nitrogens with two attached hydrogens (primary N) is 1. The zero-order valence-corrected chi connectivity index (χ0v) is 14.5. The summed E-state index contributed by atoms with van der Waals surface area (Å²) in [5.74, 6) is 0.192. The molecular formula is C15H25ClN4OS. The number of likely N-dealkylation sites (tertiary alicyclic amines) is 2. The Bertz CT molecular complexity index is 482. The number of amides is 1. The maximum Gasteiger partial charge on any atom is 0.228 e. The molecule has 2 N–H and O–H groups in total. The van der Waals surface area contributed by atoms with Crippen molar-refractivity contribution in [2.24, 2.45) is 0 Å². The molecule has 0 aliphatic carbocycles. The zero-order chi connectivity index (χ0) is 14.7. The minimum Gasteiger partial charge on any atom is -0.375 e. The minimum atomic E-state index is 0. The number of nitrogens with zero attached hydrogens (tertiary/aromatic N) is 3. The maximum atomic E-state index is 12.3. The lowest BCUT2D eigenvalue weighted by Gasteiger charge is -2.40. The van der Waals surface area contributed by atoms with Crippen LogP contribution in [0, 0.1) is 0 Å². The van der Waals surface area contributed by atoms with Gasteiger partial charge in [-0.25, -0.2) is 4.98 Å². The normalized spacial score (nSPS) is 20.6. The number of aromatic nitrogens is 1. The predicted octanol–water partition coefficient (Wildman–Crippen LogP) is 2.17. The third-order valence-corrected chi connectivity index (χ3v) is 5.35. The van der Waals surface area contributed by atoms with E-state index in [0.29, 0.717) is 17.6 Å². The van der Waals surface area contributed by atoms with Crippen LogP contribution in [0.5, 0.6) is 0 Å². The van der Waals surface area contributed by atoms with Gasteiger partial charge in [0.2, 0.25) is 5.91 Å². The van der Waals surface area contributed by atoms with Gasteiger partial charge >= 0.3 is 0 Å². The van der Waals surface area contributed by atoms with Crippen molar-refractivity contribution in [3.05, 3.63) is 11.1 Å². The fraction of sp³-hybridized carbons (Fsp3) is 0.733. The minimum absolute atomic E-state index is 0. The van der Waals surface area contributed by atoms with Crippen molar-refractivity contribution in [2.45, 2.75) is 44.6 Å². The third-order valence-electron chi connectivity index (χ3n) is 4.63. The van der Waals surface area contributed by atoms with Gasteiger partial charge < -0.3 is 15.5 Å². The van der Waals surface area contributed by atoms with Crippen LogP contribution in [0.25, 0.3) is 0 Å². The quantitative estimate of drug-likeness (QED) is 0.912. The molecule has 0 radical (unpaired) electrons. The molecule has 5 nitrogen and oxygen atoms in total. The van der Waals surface area contributed by atoms with Crippen LogP contribution in [0.15, 0.2) is 5.38 Å². The first-order valence-corrected chi connectivity index (χ1v) is 8.82. The van der Waals surface area contributed by atoms with Crippen LogP contribution in [0.3, 0.4) is 0 Å². The Kier molecular flexibility index (Phi) is 6.47. The maximum absolute atomic E-state index is 12.3. The van der Waals surface area contributed by atoms with Crippen molar-refractivity contribution < 1.29 is 4.79 Å². The second-order valence-electron chi connectivity index (χ2n) is 6.06. The molecule has 1 aromatic rings. The smallest absolute Gasteiger partial charge is 0.228 e. The molecule has 1 aromatic heterocycles. The molecule has 0 unspecified atom stereocenters. The molecule has 0 saturated carbocycles. The average Bonchev–Trinajstić information content (AvgIpc) is 2.93. The molecule has 2 aliphatic rings. The van der Waals surface area contributed by atoms with E-state index in [1.165, 1.54) is 43.7 Å². The number of carbonyl (C=O) groups is 1. The van der Waals surface area contributed by atoms with E-state index in [0.717, 1.165) is 31.6 Å². The molecule has 7 heteroatoms. The number of hydrogen-bond acceptors (Lipinski definition) is 5. The second-order valence-corrected chi connectivity index (χ2v) is 6.95. The van der Waals surface area contributed by atoms with Crippen molar-refractivity contribution >= 4 is 34.8 Å². The third kappa shape index (κ3) is 4.33. The Morgan fingerprint density at radius 2 is 1.91 bits per heavy atom. The number of rotatable bonds is 3. The Hall–Kier alpha value is -0.850. The van der Waals surface area contributed by atoms with E-state index in [9.17, 15) is 4.79 Å². The van der Waals surface area contributed by atoms with Crippen LogP contribution in [-0.4, -0.2) is 52.9 Å². The summed E-state index contributed by atoms with van der Waals surface area (Å²) in [6.07, 6.45) is 6.68. The highest BCUT2D eigenvalue weighted by molar-refractivity contribution is 7.13. The zero-order valence-electron chi connectivity index (χ0n) is 12.9. The Morgan fingerprint density at radius 1 is 1.23 bits per heavy atom.